The Morgan fingerprint density at radius 2 is 1.88 bits per heavy atom. The smallest absolute Gasteiger partial charge is 0.492 e. The third-order valence-corrected chi connectivity index (χ3v) is 3.15. The van der Waals surface area contributed by atoms with Gasteiger partial charge in [-0.15, -0.1) is 0 Å². The molecule has 0 aromatic heterocycles. The van der Waals surface area contributed by atoms with Gasteiger partial charge in [-0.05, 0) is 24.8 Å². The standard InChI is InChI=1S/C12H17BO3/c14-13(15)11-7-3-4-8-12(11)16-9-10-5-1-2-6-10/h3-4,7-8,10,14-15H,1-2,5-6,9H2. The van der Waals surface area contributed by atoms with Crippen molar-refractivity contribution in [2.75, 3.05) is 6.61 Å². The summed E-state index contributed by atoms with van der Waals surface area (Å²) >= 11 is 0. The van der Waals surface area contributed by atoms with Gasteiger partial charge in [-0.2, -0.15) is 0 Å². The molecule has 0 bridgehead atoms. The minimum absolute atomic E-state index is 0.445. The van der Waals surface area contributed by atoms with Crippen molar-refractivity contribution in [1.82, 2.24) is 0 Å². The van der Waals surface area contributed by atoms with E-state index in [9.17, 15) is 10.0 Å². The molecule has 0 saturated heterocycles. The molecule has 1 aromatic rings. The Hall–Kier alpha value is -0.995. The summed E-state index contributed by atoms with van der Waals surface area (Å²) in [7, 11) is -1.46. The molecule has 2 rings (SSSR count). The van der Waals surface area contributed by atoms with Gasteiger partial charge in [-0.25, -0.2) is 0 Å². The largest absolute Gasteiger partial charge is 0.494 e. The van der Waals surface area contributed by atoms with E-state index in [0.29, 0.717) is 23.7 Å². The lowest BCUT2D eigenvalue weighted by atomic mass is 9.79. The van der Waals surface area contributed by atoms with Crippen LogP contribution in [0.25, 0.3) is 0 Å². The van der Waals surface area contributed by atoms with Crippen LogP contribution in [0.1, 0.15) is 25.7 Å². The van der Waals surface area contributed by atoms with Crippen LogP contribution in [-0.2, 0) is 0 Å². The van der Waals surface area contributed by atoms with E-state index in [-0.39, 0.29) is 0 Å². The van der Waals surface area contributed by atoms with Crippen LogP contribution in [0.15, 0.2) is 24.3 Å². The van der Waals surface area contributed by atoms with Gasteiger partial charge < -0.3 is 14.8 Å². The molecule has 16 heavy (non-hydrogen) atoms. The summed E-state index contributed by atoms with van der Waals surface area (Å²) in [5.74, 6) is 1.22. The summed E-state index contributed by atoms with van der Waals surface area (Å²) < 4.78 is 5.66. The minimum atomic E-state index is -1.46. The summed E-state index contributed by atoms with van der Waals surface area (Å²) in [5, 5.41) is 18.3. The van der Waals surface area contributed by atoms with Crippen LogP contribution in [0.2, 0.25) is 0 Å². The average molecular weight is 220 g/mol. The molecule has 4 heteroatoms. The third kappa shape index (κ3) is 2.77. The number of ether oxygens (including phenoxy) is 1. The van der Waals surface area contributed by atoms with Crippen LogP contribution in [0.3, 0.4) is 0 Å². The Bertz CT molecular complexity index is 335. The number of benzene rings is 1. The molecule has 0 atom stereocenters. The fourth-order valence-electron chi connectivity index (χ4n) is 2.21. The first kappa shape index (κ1) is 11.5. The van der Waals surface area contributed by atoms with E-state index in [4.69, 9.17) is 4.74 Å². The number of para-hydroxylation sites is 1. The molecule has 0 unspecified atom stereocenters. The summed E-state index contributed by atoms with van der Waals surface area (Å²) in [6.45, 7) is 0.684. The van der Waals surface area contributed by atoms with E-state index >= 15 is 0 Å². The van der Waals surface area contributed by atoms with Gasteiger partial charge in [0.25, 0.3) is 0 Å². The first-order valence-corrected chi connectivity index (χ1v) is 5.85. The molecule has 0 aliphatic heterocycles. The van der Waals surface area contributed by atoms with Gasteiger partial charge in [0.1, 0.15) is 5.75 Å². The summed E-state index contributed by atoms with van der Waals surface area (Å²) in [5.41, 5.74) is 0.445. The first-order chi connectivity index (χ1) is 7.77. The van der Waals surface area contributed by atoms with Crippen molar-refractivity contribution >= 4 is 12.6 Å². The van der Waals surface area contributed by atoms with Gasteiger partial charge in [0.15, 0.2) is 0 Å². The second-order valence-corrected chi connectivity index (χ2v) is 4.37. The average Bonchev–Trinajstić information content (AvgIpc) is 2.79. The molecule has 0 amide bonds. The van der Waals surface area contributed by atoms with Crippen molar-refractivity contribution in [2.24, 2.45) is 5.92 Å². The molecule has 1 aliphatic rings. The zero-order valence-electron chi connectivity index (χ0n) is 9.30. The lowest BCUT2D eigenvalue weighted by molar-refractivity contribution is 0.253. The van der Waals surface area contributed by atoms with Crippen LogP contribution in [-0.4, -0.2) is 23.8 Å². The maximum atomic E-state index is 9.17. The Morgan fingerprint density at radius 1 is 1.19 bits per heavy atom. The van der Waals surface area contributed by atoms with Gasteiger partial charge in [-0.3, -0.25) is 0 Å². The molecule has 2 N–H and O–H groups in total. The van der Waals surface area contributed by atoms with E-state index in [2.05, 4.69) is 0 Å². The molecule has 1 aromatic carbocycles. The van der Waals surface area contributed by atoms with Crippen molar-refractivity contribution in [1.29, 1.82) is 0 Å². The lowest BCUT2D eigenvalue weighted by Gasteiger charge is -2.14. The Kier molecular flexibility index (Phi) is 3.85. The SMILES string of the molecule is OB(O)c1ccccc1OCC1CCCC1. The second-order valence-electron chi connectivity index (χ2n) is 4.37. The monoisotopic (exact) mass is 220 g/mol. The Balaban J connectivity index is 1.97. The highest BCUT2D eigenvalue weighted by molar-refractivity contribution is 6.59. The highest BCUT2D eigenvalue weighted by atomic mass is 16.5. The van der Waals surface area contributed by atoms with Crippen LogP contribution < -0.4 is 10.2 Å². The van der Waals surface area contributed by atoms with Crippen LogP contribution in [0, 0.1) is 5.92 Å². The molecule has 1 aliphatic carbocycles. The lowest BCUT2D eigenvalue weighted by Crippen LogP contribution is -2.31. The summed E-state index contributed by atoms with van der Waals surface area (Å²) in [6, 6.07) is 7.07. The van der Waals surface area contributed by atoms with Gasteiger partial charge in [0, 0.05) is 5.46 Å². The highest BCUT2D eigenvalue weighted by Gasteiger charge is 2.19. The van der Waals surface area contributed by atoms with Crippen LogP contribution >= 0.6 is 0 Å². The molecular formula is C12H17BO3. The predicted molar refractivity (Wildman–Crippen MR) is 63.7 cm³/mol. The molecular weight excluding hydrogens is 203 g/mol. The third-order valence-electron chi connectivity index (χ3n) is 3.15. The van der Waals surface area contributed by atoms with Crippen molar-refractivity contribution in [3.05, 3.63) is 24.3 Å². The van der Waals surface area contributed by atoms with E-state index in [0.717, 1.165) is 0 Å². The van der Waals surface area contributed by atoms with Crippen molar-refractivity contribution in [3.63, 3.8) is 0 Å². The van der Waals surface area contributed by atoms with Gasteiger partial charge in [0.05, 0.1) is 6.61 Å². The number of hydrogen-bond acceptors (Lipinski definition) is 3. The number of hydrogen-bond donors (Lipinski definition) is 2. The zero-order chi connectivity index (χ0) is 11.4. The van der Waals surface area contributed by atoms with Gasteiger partial charge >= 0.3 is 7.12 Å². The van der Waals surface area contributed by atoms with Crippen molar-refractivity contribution in [3.8, 4) is 5.75 Å². The van der Waals surface area contributed by atoms with Crippen molar-refractivity contribution < 1.29 is 14.8 Å². The normalized spacial score (nSPS) is 16.4. The molecule has 86 valence electrons. The highest BCUT2D eigenvalue weighted by Crippen LogP contribution is 2.25. The second kappa shape index (κ2) is 5.37. The van der Waals surface area contributed by atoms with E-state index < -0.39 is 7.12 Å². The first-order valence-electron chi connectivity index (χ1n) is 5.85. The minimum Gasteiger partial charge on any atom is -0.494 e. The van der Waals surface area contributed by atoms with Crippen LogP contribution in [0.5, 0.6) is 5.75 Å². The Labute approximate surface area is 96.2 Å². The Morgan fingerprint density at radius 3 is 2.56 bits per heavy atom. The van der Waals surface area contributed by atoms with E-state index in [1.807, 2.05) is 6.07 Å². The molecule has 1 saturated carbocycles. The molecule has 0 heterocycles. The molecule has 0 radical (unpaired) electrons. The maximum absolute atomic E-state index is 9.17. The summed E-state index contributed by atoms with van der Waals surface area (Å²) in [6.07, 6.45) is 5.03. The fourth-order valence-corrected chi connectivity index (χ4v) is 2.21. The quantitative estimate of drug-likeness (QED) is 0.742. The van der Waals surface area contributed by atoms with Crippen molar-refractivity contribution in [2.45, 2.75) is 25.7 Å². The van der Waals surface area contributed by atoms with Crippen LogP contribution in [0.4, 0.5) is 0 Å². The summed E-state index contributed by atoms with van der Waals surface area (Å²) in [4.78, 5) is 0. The maximum Gasteiger partial charge on any atom is 0.492 e. The van der Waals surface area contributed by atoms with Gasteiger partial charge in [0.2, 0.25) is 0 Å². The predicted octanol–water partition coefficient (Wildman–Crippen LogP) is 0.935. The van der Waals surface area contributed by atoms with E-state index in [1.54, 1.807) is 18.2 Å². The molecule has 3 nitrogen and oxygen atoms in total. The molecule has 1 fully saturated rings. The van der Waals surface area contributed by atoms with Gasteiger partial charge in [-0.1, -0.05) is 31.0 Å². The fraction of sp³-hybridized carbons (Fsp3) is 0.500. The zero-order valence-corrected chi connectivity index (χ0v) is 9.30. The molecule has 0 spiro atoms. The topological polar surface area (TPSA) is 49.7 Å². The van der Waals surface area contributed by atoms with E-state index in [1.165, 1.54) is 25.7 Å². The number of rotatable bonds is 4.